The minimum absolute atomic E-state index is 0.0827. The summed E-state index contributed by atoms with van der Waals surface area (Å²) in [7, 11) is 1.46. The third-order valence-corrected chi connectivity index (χ3v) is 6.95. The Labute approximate surface area is 193 Å². The van der Waals surface area contributed by atoms with Gasteiger partial charge in [0.1, 0.15) is 16.9 Å². The van der Waals surface area contributed by atoms with Crippen LogP contribution in [0.3, 0.4) is 0 Å². The zero-order valence-corrected chi connectivity index (χ0v) is 18.8. The van der Waals surface area contributed by atoms with Gasteiger partial charge in [-0.2, -0.15) is 15.1 Å². The predicted molar refractivity (Wildman–Crippen MR) is 123 cm³/mol. The standard InChI is InChI=1S/C23H21ClF2N6O/c1-10-17-13(5-6-16(25)21(17)31-30-10)18-15(24)7-14-20(19(18)26)28-23(33-2)29-22(14)32-8-11-3-4-12(9-32)27-11/h5-7,11-12,27H,3-4,8-9H2,1-2H3,(H,30,31). The van der Waals surface area contributed by atoms with Gasteiger partial charge in [-0.05, 0) is 37.5 Å². The minimum atomic E-state index is -0.605. The van der Waals surface area contributed by atoms with E-state index in [9.17, 15) is 4.39 Å². The molecule has 2 aromatic carbocycles. The van der Waals surface area contributed by atoms with Gasteiger partial charge in [0.15, 0.2) is 11.6 Å². The second kappa shape index (κ2) is 7.50. The fourth-order valence-corrected chi connectivity index (χ4v) is 5.46. The maximum Gasteiger partial charge on any atom is 0.318 e. The number of nitrogens with zero attached hydrogens (tertiary/aromatic N) is 4. The lowest BCUT2D eigenvalue weighted by Crippen LogP contribution is -2.51. The van der Waals surface area contributed by atoms with Gasteiger partial charge in [0.2, 0.25) is 0 Å². The number of H-pyrrole nitrogens is 1. The van der Waals surface area contributed by atoms with Gasteiger partial charge in [0, 0.05) is 47.2 Å². The molecule has 0 saturated carbocycles. The number of rotatable bonds is 3. The number of ether oxygens (including phenoxy) is 1. The smallest absolute Gasteiger partial charge is 0.318 e. The molecule has 10 heteroatoms. The molecular formula is C23H21ClF2N6O. The van der Waals surface area contributed by atoms with E-state index in [0.717, 1.165) is 25.9 Å². The van der Waals surface area contributed by atoms with E-state index in [0.29, 0.717) is 39.9 Å². The highest BCUT2D eigenvalue weighted by molar-refractivity contribution is 6.35. The Balaban J connectivity index is 1.60. The van der Waals surface area contributed by atoms with Gasteiger partial charge >= 0.3 is 6.01 Å². The van der Waals surface area contributed by atoms with Crippen LogP contribution in [0.25, 0.3) is 32.9 Å². The van der Waals surface area contributed by atoms with E-state index in [4.69, 9.17) is 16.3 Å². The van der Waals surface area contributed by atoms with Crippen LogP contribution in [0.2, 0.25) is 5.02 Å². The Bertz CT molecular complexity index is 1410. The molecule has 2 aromatic heterocycles. The first-order chi connectivity index (χ1) is 15.9. The zero-order valence-electron chi connectivity index (χ0n) is 18.0. The number of aromatic amines is 1. The van der Waals surface area contributed by atoms with Crippen LogP contribution in [-0.4, -0.2) is 52.4 Å². The van der Waals surface area contributed by atoms with Crippen LogP contribution < -0.4 is 15.0 Å². The largest absolute Gasteiger partial charge is 0.467 e. The van der Waals surface area contributed by atoms with Crippen molar-refractivity contribution in [2.24, 2.45) is 0 Å². The molecule has 4 heterocycles. The highest BCUT2D eigenvalue weighted by Gasteiger charge is 2.34. The third kappa shape index (κ3) is 3.13. The molecule has 0 amide bonds. The van der Waals surface area contributed by atoms with Gasteiger partial charge in [-0.3, -0.25) is 5.10 Å². The van der Waals surface area contributed by atoms with Crippen molar-refractivity contribution < 1.29 is 13.5 Å². The Hall–Kier alpha value is -3.04. The number of hydrogen-bond donors (Lipinski definition) is 2. The van der Waals surface area contributed by atoms with Crippen molar-refractivity contribution in [1.29, 1.82) is 0 Å². The van der Waals surface area contributed by atoms with E-state index in [1.165, 1.54) is 19.2 Å². The Kier molecular flexibility index (Phi) is 4.67. The molecule has 2 fully saturated rings. The fourth-order valence-electron chi connectivity index (χ4n) is 5.17. The van der Waals surface area contributed by atoms with E-state index in [2.05, 4.69) is 30.4 Å². The molecule has 0 spiro atoms. The fraction of sp³-hybridized carbons (Fsp3) is 0.348. The molecule has 6 rings (SSSR count). The summed E-state index contributed by atoms with van der Waals surface area (Å²) in [6, 6.07) is 5.30. The average molecular weight is 471 g/mol. The summed E-state index contributed by atoms with van der Waals surface area (Å²) in [5.41, 5.74) is 1.46. The number of halogens is 3. The number of piperazine rings is 1. The highest BCUT2D eigenvalue weighted by Crippen LogP contribution is 2.42. The Morgan fingerprint density at radius 2 is 1.88 bits per heavy atom. The van der Waals surface area contributed by atoms with Gasteiger partial charge in [-0.25, -0.2) is 8.78 Å². The van der Waals surface area contributed by atoms with Crippen LogP contribution >= 0.6 is 11.6 Å². The number of benzene rings is 2. The SMILES string of the molecule is COc1nc(N2CC3CCC(C2)N3)c2cc(Cl)c(-c3ccc(F)c4n[nH]c(C)c34)c(F)c2n1. The molecule has 0 aliphatic carbocycles. The molecule has 2 aliphatic heterocycles. The van der Waals surface area contributed by atoms with Crippen molar-refractivity contribution in [3.05, 3.63) is 40.6 Å². The van der Waals surface area contributed by atoms with Crippen molar-refractivity contribution in [2.75, 3.05) is 25.1 Å². The first-order valence-corrected chi connectivity index (χ1v) is 11.2. The van der Waals surface area contributed by atoms with Gasteiger partial charge in [0.05, 0.1) is 12.1 Å². The molecular weight excluding hydrogens is 450 g/mol. The van der Waals surface area contributed by atoms with Crippen LogP contribution in [0.1, 0.15) is 18.5 Å². The first-order valence-electron chi connectivity index (χ1n) is 10.8. The van der Waals surface area contributed by atoms with Crippen molar-refractivity contribution in [3.8, 4) is 17.1 Å². The number of methoxy groups -OCH3 is 1. The summed E-state index contributed by atoms with van der Waals surface area (Å²) < 4.78 is 35.8. The lowest BCUT2D eigenvalue weighted by molar-refractivity contribution is 0.380. The number of anilines is 1. The minimum Gasteiger partial charge on any atom is -0.467 e. The second-order valence-electron chi connectivity index (χ2n) is 8.69. The molecule has 2 bridgehead atoms. The topological polar surface area (TPSA) is 79.0 Å². The van der Waals surface area contributed by atoms with Crippen LogP contribution in [0, 0.1) is 18.6 Å². The van der Waals surface area contributed by atoms with Crippen molar-refractivity contribution in [1.82, 2.24) is 25.5 Å². The van der Waals surface area contributed by atoms with Crippen LogP contribution in [0.4, 0.5) is 14.6 Å². The number of nitrogens with one attached hydrogen (secondary N) is 2. The van der Waals surface area contributed by atoms with Crippen LogP contribution in [0.15, 0.2) is 18.2 Å². The third-order valence-electron chi connectivity index (χ3n) is 6.65. The van der Waals surface area contributed by atoms with Crippen molar-refractivity contribution in [2.45, 2.75) is 31.8 Å². The molecule has 2 atom stereocenters. The molecule has 2 aliphatic rings. The van der Waals surface area contributed by atoms with Crippen LogP contribution in [-0.2, 0) is 0 Å². The maximum absolute atomic E-state index is 16.1. The molecule has 7 nitrogen and oxygen atoms in total. The van der Waals surface area contributed by atoms with E-state index >= 15 is 4.39 Å². The summed E-state index contributed by atoms with van der Waals surface area (Å²) in [5.74, 6) is -0.493. The molecule has 4 aromatic rings. The summed E-state index contributed by atoms with van der Waals surface area (Å²) in [5, 5.41) is 11.6. The highest BCUT2D eigenvalue weighted by atomic mass is 35.5. The lowest BCUT2D eigenvalue weighted by atomic mass is 9.97. The molecule has 0 radical (unpaired) electrons. The number of aryl methyl sites for hydroxylation is 1. The van der Waals surface area contributed by atoms with E-state index in [1.54, 1.807) is 13.0 Å². The molecule has 2 unspecified atom stereocenters. The Morgan fingerprint density at radius 3 is 2.61 bits per heavy atom. The van der Waals surface area contributed by atoms with Crippen molar-refractivity contribution in [3.63, 3.8) is 0 Å². The predicted octanol–water partition coefficient (Wildman–Crippen LogP) is 4.36. The second-order valence-corrected chi connectivity index (χ2v) is 9.09. The van der Waals surface area contributed by atoms with E-state index < -0.39 is 11.6 Å². The van der Waals surface area contributed by atoms with Crippen molar-refractivity contribution >= 4 is 39.2 Å². The Morgan fingerprint density at radius 1 is 1.12 bits per heavy atom. The lowest BCUT2D eigenvalue weighted by Gasteiger charge is -2.34. The van der Waals surface area contributed by atoms with Gasteiger partial charge in [-0.1, -0.05) is 17.7 Å². The van der Waals surface area contributed by atoms with Crippen LogP contribution in [0.5, 0.6) is 6.01 Å². The number of hydrogen-bond acceptors (Lipinski definition) is 6. The van der Waals surface area contributed by atoms with Gasteiger partial charge < -0.3 is 15.0 Å². The average Bonchev–Trinajstić information content (AvgIpc) is 3.36. The summed E-state index contributed by atoms with van der Waals surface area (Å²) >= 11 is 6.67. The molecule has 2 N–H and O–H groups in total. The van der Waals surface area contributed by atoms with E-state index in [1.807, 2.05) is 0 Å². The monoisotopic (exact) mass is 470 g/mol. The quantitative estimate of drug-likeness (QED) is 0.463. The van der Waals surface area contributed by atoms with Gasteiger partial charge in [-0.15, -0.1) is 0 Å². The van der Waals surface area contributed by atoms with E-state index in [-0.39, 0.29) is 27.6 Å². The summed E-state index contributed by atoms with van der Waals surface area (Å²) in [6.45, 7) is 3.28. The summed E-state index contributed by atoms with van der Waals surface area (Å²) in [4.78, 5) is 11.0. The zero-order chi connectivity index (χ0) is 22.9. The maximum atomic E-state index is 16.1. The molecule has 170 valence electrons. The molecule has 2 saturated heterocycles. The number of fused-ring (bicyclic) bond motifs is 4. The normalized spacial score (nSPS) is 20.2. The number of aromatic nitrogens is 4. The van der Waals surface area contributed by atoms with Gasteiger partial charge in [0.25, 0.3) is 0 Å². The summed E-state index contributed by atoms with van der Waals surface area (Å²) in [6.07, 6.45) is 2.20. The first kappa shape index (κ1) is 20.6. The molecule has 33 heavy (non-hydrogen) atoms.